The molecule has 0 atom stereocenters. The van der Waals surface area contributed by atoms with Crippen molar-refractivity contribution in [3.8, 4) is 10.6 Å². The zero-order valence-corrected chi connectivity index (χ0v) is 6.89. The third kappa shape index (κ3) is 1.27. The number of hydrogen-bond donors (Lipinski definition) is 0. The highest BCUT2D eigenvalue weighted by Gasteiger charge is 2.04. The van der Waals surface area contributed by atoms with Crippen LogP contribution in [0.2, 0.25) is 4.47 Å². The average Bonchev–Trinajstić information content (AvgIpc) is 2.55. The van der Waals surface area contributed by atoms with Gasteiger partial charge in [-0.25, -0.2) is 0 Å². The topological polar surface area (TPSA) is 38.9 Å². The van der Waals surface area contributed by atoms with Gasteiger partial charge in [-0.1, -0.05) is 11.3 Å². The van der Waals surface area contributed by atoms with Crippen molar-refractivity contribution in [1.82, 2.24) is 10.2 Å². The quantitative estimate of drug-likeness (QED) is 0.687. The maximum absolute atomic E-state index is 5.59. The minimum Gasteiger partial charge on any atom is -0.472 e. The lowest BCUT2D eigenvalue weighted by Crippen LogP contribution is -1.70. The zero-order valence-electron chi connectivity index (χ0n) is 5.32. The van der Waals surface area contributed by atoms with Gasteiger partial charge >= 0.3 is 0 Å². The molecule has 5 heteroatoms. The van der Waals surface area contributed by atoms with E-state index in [4.69, 9.17) is 16.0 Å². The molecule has 0 aliphatic carbocycles. The van der Waals surface area contributed by atoms with Crippen LogP contribution in [0, 0.1) is 0 Å². The van der Waals surface area contributed by atoms with E-state index in [-0.39, 0.29) is 0 Å². The molecular formula is C6H3ClN2OS. The van der Waals surface area contributed by atoms with Crippen molar-refractivity contribution < 1.29 is 4.42 Å². The predicted octanol–water partition coefficient (Wildman–Crippen LogP) is 2.45. The van der Waals surface area contributed by atoms with Gasteiger partial charge in [-0.2, -0.15) is 0 Å². The molecule has 2 rings (SSSR count). The number of nitrogens with zero attached hydrogens (tertiary/aromatic N) is 2. The summed E-state index contributed by atoms with van der Waals surface area (Å²) in [5, 5.41) is 8.28. The first-order valence-corrected chi connectivity index (χ1v) is 4.07. The van der Waals surface area contributed by atoms with E-state index < -0.39 is 0 Å². The minimum atomic E-state index is 0.446. The molecule has 0 spiro atoms. The van der Waals surface area contributed by atoms with Gasteiger partial charge < -0.3 is 4.42 Å². The molecule has 0 radical (unpaired) electrons. The summed E-state index contributed by atoms with van der Waals surface area (Å²) in [6.45, 7) is 0. The van der Waals surface area contributed by atoms with Gasteiger partial charge in [0.25, 0.3) is 0 Å². The Bertz CT molecular complexity index is 343. The smallest absolute Gasteiger partial charge is 0.207 e. The van der Waals surface area contributed by atoms with Crippen LogP contribution in [0.25, 0.3) is 10.6 Å². The third-order valence-corrected chi connectivity index (χ3v) is 2.24. The van der Waals surface area contributed by atoms with Crippen molar-refractivity contribution >= 4 is 22.9 Å². The lowest BCUT2D eigenvalue weighted by molar-refractivity contribution is 0.568. The second-order valence-electron chi connectivity index (χ2n) is 1.87. The molecule has 2 heterocycles. The Morgan fingerprint density at radius 1 is 1.45 bits per heavy atom. The molecule has 2 aromatic heterocycles. The van der Waals surface area contributed by atoms with E-state index in [2.05, 4.69) is 10.2 Å². The Balaban J connectivity index is 2.45. The molecule has 11 heavy (non-hydrogen) atoms. The Morgan fingerprint density at radius 2 is 2.36 bits per heavy atom. The van der Waals surface area contributed by atoms with Crippen LogP contribution in [0.5, 0.6) is 0 Å². The molecule has 0 aliphatic heterocycles. The van der Waals surface area contributed by atoms with E-state index in [9.17, 15) is 0 Å². The van der Waals surface area contributed by atoms with E-state index in [0.717, 1.165) is 10.6 Å². The van der Waals surface area contributed by atoms with Crippen LogP contribution < -0.4 is 0 Å². The number of aromatic nitrogens is 2. The second-order valence-corrected chi connectivity index (χ2v) is 3.43. The predicted molar refractivity (Wildman–Crippen MR) is 42.6 cm³/mol. The average molecular weight is 187 g/mol. The van der Waals surface area contributed by atoms with Gasteiger partial charge in [-0.3, -0.25) is 0 Å². The van der Waals surface area contributed by atoms with Crippen molar-refractivity contribution in [3.63, 3.8) is 0 Å². The van der Waals surface area contributed by atoms with E-state index >= 15 is 0 Å². The van der Waals surface area contributed by atoms with Gasteiger partial charge in [0, 0.05) is 0 Å². The van der Waals surface area contributed by atoms with Crippen molar-refractivity contribution in [2.75, 3.05) is 0 Å². The molecule has 0 saturated carbocycles. The van der Waals surface area contributed by atoms with Crippen LogP contribution in [0.4, 0.5) is 0 Å². The van der Waals surface area contributed by atoms with Gasteiger partial charge in [-0.15, -0.1) is 10.2 Å². The van der Waals surface area contributed by atoms with E-state index in [1.54, 1.807) is 12.5 Å². The van der Waals surface area contributed by atoms with Gasteiger partial charge in [0.15, 0.2) is 5.01 Å². The highest BCUT2D eigenvalue weighted by Crippen LogP contribution is 2.25. The molecule has 2 aromatic rings. The summed E-state index contributed by atoms with van der Waals surface area (Å²) in [7, 11) is 0. The van der Waals surface area contributed by atoms with Crippen molar-refractivity contribution in [1.29, 1.82) is 0 Å². The molecule has 0 amide bonds. The maximum Gasteiger partial charge on any atom is 0.207 e. The molecule has 0 aliphatic rings. The maximum atomic E-state index is 5.59. The molecule has 0 fully saturated rings. The number of halogens is 1. The van der Waals surface area contributed by atoms with Crippen LogP contribution in [0.1, 0.15) is 0 Å². The van der Waals surface area contributed by atoms with E-state index in [1.165, 1.54) is 11.3 Å². The summed E-state index contributed by atoms with van der Waals surface area (Å²) >= 11 is 6.92. The van der Waals surface area contributed by atoms with Gasteiger partial charge in [0.1, 0.15) is 6.26 Å². The fourth-order valence-electron chi connectivity index (χ4n) is 0.708. The lowest BCUT2D eigenvalue weighted by atomic mass is 10.4. The van der Waals surface area contributed by atoms with E-state index in [1.807, 2.05) is 6.07 Å². The zero-order chi connectivity index (χ0) is 7.68. The highest BCUT2D eigenvalue weighted by molar-refractivity contribution is 7.18. The minimum absolute atomic E-state index is 0.446. The Labute approximate surface area is 71.6 Å². The molecule has 0 bridgehead atoms. The van der Waals surface area contributed by atoms with Gasteiger partial charge in [0.05, 0.1) is 11.8 Å². The summed E-state index contributed by atoms with van der Waals surface area (Å²) in [5.41, 5.74) is 0.911. The first-order valence-electron chi connectivity index (χ1n) is 2.88. The van der Waals surface area contributed by atoms with Crippen molar-refractivity contribution in [3.05, 3.63) is 23.1 Å². The van der Waals surface area contributed by atoms with Crippen LogP contribution in [-0.4, -0.2) is 10.2 Å². The monoisotopic (exact) mass is 186 g/mol. The molecule has 56 valence electrons. The Morgan fingerprint density at radius 3 is 2.91 bits per heavy atom. The molecule has 0 unspecified atom stereocenters. The first-order chi connectivity index (χ1) is 5.36. The lowest BCUT2D eigenvalue weighted by Gasteiger charge is -1.80. The van der Waals surface area contributed by atoms with Crippen LogP contribution in [-0.2, 0) is 0 Å². The molecule has 0 aromatic carbocycles. The standard InChI is InChI=1S/C6H3ClN2OS/c7-6-9-8-5(11-6)4-1-2-10-3-4/h1-3H. The Kier molecular flexibility index (Phi) is 1.63. The molecular weight excluding hydrogens is 184 g/mol. The molecule has 3 nitrogen and oxygen atoms in total. The highest BCUT2D eigenvalue weighted by atomic mass is 35.5. The fraction of sp³-hybridized carbons (Fsp3) is 0. The normalized spacial score (nSPS) is 10.3. The third-order valence-electron chi connectivity index (χ3n) is 1.17. The fourth-order valence-corrected chi connectivity index (χ4v) is 1.52. The first kappa shape index (κ1) is 6.82. The van der Waals surface area contributed by atoms with Crippen LogP contribution in [0.15, 0.2) is 23.0 Å². The van der Waals surface area contributed by atoms with Crippen LogP contribution >= 0.6 is 22.9 Å². The summed E-state index contributed by atoms with van der Waals surface area (Å²) in [6, 6.07) is 1.82. The van der Waals surface area contributed by atoms with Crippen molar-refractivity contribution in [2.45, 2.75) is 0 Å². The summed E-state index contributed by atoms with van der Waals surface area (Å²) in [5.74, 6) is 0. The summed E-state index contributed by atoms with van der Waals surface area (Å²) in [4.78, 5) is 0. The largest absolute Gasteiger partial charge is 0.472 e. The second kappa shape index (κ2) is 2.64. The van der Waals surface area contributed by atoms with E-state index in [0.29, 0.717) is 4.47 Å². The number of hydrogen-bond acceptors (Lipinski definition) is 4. The van der Waals surface area contributed by atoms with Gasteiger partial charge in [-0.05, 0) is 17.7 Å². The summed E-state index contributed by atoms with van der Waals surface area (Å²) in [6.07, 6.45) is 3.20. The Hall–Kier alpha value is -0.870. The summed E-state index contributed by atoms with van der Waals surface area (Å²) < 4.78 is 5.32. The van der Waals surface area contributed by atoms with Crippen molar-refractivity contribution in [2.24, 2.45) is 0 Å². The molecule has 0 N–H and O–H groups in total. The van der Waals surface area contributed by atoms with Crippen LogP contribution in [0.3, 0.4) is 0 Å². The SMILES string of the molecule is Clc1nnc(-c2ccoc2)s1. The number of furan rings is 1. The molecule has 0 saturated heterocycles. The van der Waals surface area contributed by atoms with Gasteiger partial charge in [0.2, 0.25) is 4.47 Å². The number of rotatable bonds is 1.